The molecule has 3 heterocycles. The summed E-state index contributed by atoms with van der Waals surface area (Å²) in [5.74, 6) is -0.232. The number of carbonyl (C=O) groups is 1. The Balaban J connectivity index is 0.00000259. The van der Waals surface area contributed by atoms with Crippen LogP contribution in [0.15, 0.2) is 54.7 Å². The fourth-order valence-electron chi connectivity index (χ4n) is 5.04. The summed E-state index contributed by atoms with van der Waals surface area (Å²) in [4.78, 5) is 13.3. The molecule has 5 rings (SSSR count). The lowest BCUT2D eigenvalue weighted by Gasteiger charge is -2.10. The lowest BCUT2D eigenvalue weighted by Crippen LogP contribution is -3.00. The van der Waals surface area contributed by atoms with Crippen LogP contribution in [0.3, 0.4) is 0 Å². The first-order chi connectivity index (χ1) is 15.6. The summed E-state index contributed by atoms with van der Waals surface area (Å²) in [5.41, 5.74) is 6.22. The third kappa shape index (κ3) is 4.65. The summed E-state index contributed by atoms with van der Waals surface area (Å²) in [6.45, 7) is 3.61. The minimum Gasteiger partial charge on any atom is -1.00 e. The first-order valence-electron chi connectivity index (χ1n) is 11.8. The lowest BCUT2D eigenvalue weighted by atomic mass is 10.0. The second-order valence-corrected chi connectivity index (χ2v) is 9.04. The van der Waals surface area contributed by atoms with Crippen molar-refractivity contribution in [2.24, 2.45) is 7.05 Å². The van der Waals surface area contributed by atoms with Crippen LogP contribution in [-0.4, -0.2) is 17.1 Å². The molecule has 2 aromatic heterocycles. The van der Waals surface area contributed by atoms with Gasteiger partial charge in [0.1, 0.15) is 12.6 Å². The van der Waals surface area contributed by atoms with Gasteiger partial charge in [-0.1, -0.05) is 49.4 Å². The average molecular weight is 554 g/mol. The minimum atomic E-state index is -0.232. The summed E-state index contributed by atoms with van der Waals surface area (Å²) in [6, 6.07) is 16.9. The molecule has 0 unspecified atom stereocenters. The van der Waals surface area contributed by atoms with Crippen LogP contribution in [0.1, 0.15) is 54.4 Å². The molecule has 0 saturated heterocycles. The van der Waals surface area contributed by atoms with E-state index in [9.17, 15) is 4.79 Å². The van der Waals surface area contributed by atoms with E-state index in [1.54, 1.807) is 0 Å². The van der Waals surface area contributed by atoms with E-state index in [1.165, 1.54) is 42.1 Å². The highest BCUT2D eigenvalue weighted by Crippen LogP contribution is 2.34. The Hall–Kier alpha value is -2.41. The Morgan fingerprint density at radius 2 is 1.67 bits per heavy atom. The number of carbonyl (C=O) groups excluding carboxylic acids is 1. The number of benzene rings is 2. The second kappa shape index (κ2) is 10.2. The summed E-state index contributed by atoms with van der Waals surface area (Å²) < 4.78 is 10.3. The van der Waals surface area contributed by atoms with Gasteiger partial charge in [-0.3, -0.25) is 0 Å². The molecule has 0 amide bonds. The SMILES string of the molecule is Cc1ccc2c(c1)c1cn2CCCCCCCCOC(=O)c2cc3ccccc3[n+](C)c2-1.[I-]. The average Bonchev–Trinajstić information content (AvgIpc) is 3.14. The first-order valence-corrected chi connectivity index (χ1v) is 11.8. The third-order valence-electron chi connectivity index (χ3n) is 6.73. The lowest BCUT2D eigenvalue weighted by molar-refractivity contribution is -0.633. The van der Waals surface area contributed by atoms with E-state index in [0.717, 1.165) is 41.5 Å². The summed E-state index contributed by atoms with van der Waals surface area (Å²) in [7, 11) is 2.06. The molecule has 0 aliphatic carbocycles. The van der Waals surface area contributed by atoms with E-state index in [-0.39, 0.29) is 29.9 Å². The Morgan fingerprint density at radius 3 is 2.52 bits per heavy atom. The predicted molar refractivity (Wildman–Crippen MR) is 129 cm³/mol. The largest absolute Gasteiger partial charge is 1.00 e. The molecule has 4 aromatic rings. The highest BCUT2D eigenvalue weighted by atomic mass is 127. The van der Waals surface area contributed by atoms with Crippen molar-refractivity contribution in [3.05, 3.63) is 65.9 Å². The molecule has 2 aromatic carbocycles. The van der Waals surface area contributed by atoms with Crippen molar-refractivity contribution in [3.8, 4) is 11.3 Å². The molecule has 2 bridgehead atoms. The number of aromatic nitrogens is 2. The van der Waals surface area contributed by atoms with Gasteiger partial charge in [0.2, 0.25) is 11.2 Å². The maximum Gasteiger partial charge on any atom is 0.344 e. The number of para-hydroxylation sites is 1. The van der Waals surface area contributed by atoms with Crippen LogP contribution in [0.5, 0.6) is 0 Å². The molecule has 0 radical (unpaired) electrons. The number of pyridine rings is 1. The van der Waals surface area contributed by atoms with E-state index >= 15 is 0 Å². The van der Waals surface area contributed by atoms with Gasteiger partial charge >= 0.3 is 5.97 Å². The molecular formula is C28H31IN2O2. The van der Waals surface area contributed by atoms with Crippen molar-refractivity contribution in [1.29, 1.82) is 0 Å². The Morgan fingerprint density at radius 1 is 0.909 bits per heavy atom. The second-order valence-electron chi connectivity index (χ2n) is 9.04. The van der Waals surface area contributed by atoms with E-state index < -0.39 is 0 Å². The molecule has 0 spiro atoms. The minimum absolute atomic E-state index is 0. The van der Waals surface area contributed by atoms with E-state index in [2.05, 4.69) is 59.6 Å². The fourth-order valence-corrected chi connectivity index (χ4v) is 5.04. The van der Waals surface area contributed by atoms with Gasteiger partial charge in [-0.05, 0) is 44.0 Å². The molecule has 0 saturated carbocycles. The Labute approximate surface area is 212 Å². The monoisotopic (exact) mass is 554 g/mol. The molecule has 1 aliphatic heterocycles. The quantitative estimate of drug-likeness (QED) is 0.190. The van der Waals surface area contributed by atoms with Crippen LogP contribution < -0.4 is 28.5 Å². The van der Waals surface area contributed by atoms with Crippen LogP contribution in [0, 0.1) is 6.92 Å². The van der Waals surface area contributed by atoms with Gasteiger partial charge in [0.05, 0.1) is 12.2 Å². The maximum absolute atomic E-state index is 13.3. The van der Waals surface area contributed by atoms with Crippen molar-refractivity contribution in [2.45, 2.75) is 52.0 Å². The summed E-state index contributed by atoms with van der Waals surface area (Å²) in [6.07, 6.45) is 9.12. The maximum atomic E-state index is 13.3. The van der Waals surface area contributed by atoms with Gasteiger partial charge in [-0.2, -0.15) is 4.57 Å². The van der Waals surface area contributed by atoms with Crippen LogP contribution in [0.4, 0.5) is 0 Å². The van der Waals surface area contributed by atoms with E-state index in [0.29, 0.717) is 12.2 Å². The number of halogens is 1. The number of nitrogens with zero attached hydrogens (tertiary/aromatic N) is 2. The summed E-state index contributed by atoms with van der Waals surface area (Å²) in [5, 5.41) is 2.24. The number of hydrogen-bond acceptors (Lipinski definition) is 2. The van der Waals surface area contributed by atoms with Gasteiger partial charge in [0.15, 0.2) is 0 Å². The zero-order valence-electron chi connectivity index (χ0n) is 19.4. The van der Waals surface area contributed by atoms with Gasteiger partial charge < -0.3 is 33.3 Å². The molecule has 1 aliphatic rings. The fraction of sp³-hybridized carbons (Fsp3) is 0.357. The first kappa shape index (κ1) is 23.7. The highest BCUT2D eigenvalue weighted by molar-refractivity contribution is 6.04. The van der Waals surface area contributed by atoms with Crippen molar-refractivity contribution in [1.82, 2.24) is 4.57 Å². The van der Waals surface area contributed by atoms with Crippen LogP contribution >= 0.6 is 0 Å². The van der Waals surface area contributed by atoms with Crippen LogP contribution in [0.25, 0.3) is 33.1 Å². The number of fused-ring (bicyclic) bond motifs is 8. The molecule has 0 atom stereocenters. The van der Waals surface area contributed by atoms with Crippen LogP contribution in [0.2, 0.25) is 0 Å². The zero-order chi connectivity index (χ0) is 22.1. The molecular weight excluding hydrogens is 523 g/mol. The van der Waals surface area contributed by atoms with Crippen LogP contribution in [-0.2, 0) is 18.3 Å². The van der Waals surface area contributed by atoms with Crippen molar-refractivity contribution in [2.75, 3.05) is 6.61 Å². The third-order valence-corrected chi connectivity index (χ3v) is 6.73. The smallest absolute Gasteiger partial charge is 0.344 e. The number of esters is 1. The van der Waals surface area contributed by atoms with Gasteiger partial charge in [0, 0.05) is 35.1 Å². The van der Waals surface area contributed by atoms with E-state index in [4.69, 9.17) is 4.74 Å². The van der Waals surface area contributed by atoms with E-state index in [1.807, 2.05) is 18.2 Å². The molecule has 33 heavy (non-hydrogen) atoms. The molecule has 0 fully saturated rings. The predicted octanol–water partition coefficient (Wildman–Crippen LogP) is 3.11. The normalized spacial score (nSPS) is 15.3. The topological polar surface area (TPSA) is 35.1 Å². The molecule has 0 N–H and O–H groups in total. The zero-order valence-corrected chi connectivity index (χ0v) is 21.6. The number of rotatable bonds is 0. The number of cyclic esters (lactones) is 1. The van der Waals surface area contributed by atoms with Gasteiger partial charge in [0.25, 0.3) is 0 Å². The van der Waals surface area contributed by atoms with Crippen molar-refractivity contribution >= 4 is 27.8 Å². The Kier molecular flexibility index (Phi) is 7.37. The van der Waals surface area contributed by atoms with Crippen molar-refractivity contribution in [3.63, 3.8) is 0 Å². The number of hydrogen-bond donors (Lipinski definition) is 0. The highest BCUT2D eigenvalue weighted by Gasteiger charge is 2.28. The number of aryl methyl sites for hydroxylation is 3. The van der Waals surface area contributed by atoms with Gasteiger partial charge in [-0.25, -0.2) is 4.79 Å². The van der Waals surface area contributed by atoms with Crippen molar-refractivity contribution < 1.29 is 38.1 Å². The summed E-state index contributed by atoms with van der Waals surface area (Å²) >= 11 is 0. The standard InChI is InChI=1S/C28H31N2O2.HI/c1-20-13-14-26-22(17-20)24-19-30(26)15-9-5-3-4-6-10-16-32-28(31)23-18-21-11-7-8-12-25(21)29(2)27(23)24;/h7-8,11-14,17-19H,3-6,9-10,15-16H2,1-2H3;1H/q+1;/p-1. The molecule has 172 valence electrons. The number of ether oxygens (including phenoxy) is 1. The Bertz CT molecular complexity index is 1310. The molecule has 5 heteroatoms. The molecule has 4 nitrogen and oxygen atoms in total. The van der Waals surface area contributed by atoms with Gasteiger partial charge in [-0.15, -0.1) is 0 Å².